The summed E-state index contributed by atoms with van der Waals surface area (Å²) in [5.74, 6) is 0. The maximum atomic E-state index is 2.35. The van der Waals surface area contributed by atoms with Gasteiger partial charge in [-0.2, -0.15) is 0 Å². The van der Waals surface area contributed by atoms with Gasteiger partial charge in [0.05, 0.1) is 0 Å². The molecule has 0 unspecified atom stereocenters. The van der Waals surface area contributed by atoms with Gasteiger partial charge in [0.15, 0.2) is 0 Å². The second-order valence-corrected chi connectivity index (χ2v) is 3.46. The van der Waals surface area contributed by atoms with Crippen LogP contribution in [0.5, 0.6) is 0 Å². The largest absolute Gasteiger partial charge is 0.0885 e. The number of allylic oxidation sites excluding steroid dienone is 2. The van der Waals surface area contributed by atoms with Crippen LogP contribution < -0.4 is 0 Å². The van der Waals surface area contributed by atoms with Crippen LogP contribution in [0.3, 0.4) is 0 Å². The molecule has 0 N–H and O–H groups in total. The Balaban J connectivity index is 2.93. The van der Waals surface area contributed by atoms with Crippen molar-refractivity contribution in [2.24, 2.45) is 0 Å². The van der Waals surface area contributed by atoms with E-state index in [1.54, 1.807) is 0 Å². The second-order valence-electron chi connectivity index (χ2n) is 3.46. The topological polar surface area (TPSA) is 0 Å². The van der Waals surface area contributed by atoms with E-state index in [0.717, 1.165) is 0 Å². The molecule has 0 atom stereocenters. The quantitative estimate of drug-likeness (QED) is 0.364. The minimum absolute atomic E-state index is 1.29. The molecule has 12 heavy (non-hydrogen) atoms. The van der Waals surface area contributed by atoms with Crippen LogP contribution in [0.15, 0.2) is 12.2 Å². The predicted molar refractivity (Wildman–Crippen MR) is 57.4 cm³/mol. The fraction of sp³-hybridized carbons (Fsp3) is 0.833. The van der Waals surface area contributed by atoms with Crippen LogP contribution in [0, 0.1) is 0 Å². The van der Waals surface area contributed by atoms with Crippen molar-refractivity contribution in [3.8, 4) is 0 Å². The molecular formula is C12H24. The zero-order chi connectivity index (χ0) is 9.07. The third kappa shape index (κ3) is 9.74. The van der Waals surface area contributed by atoms with Crippen molar-refractivity contribution >= 4 is 0 Å². The van der Waals surface area contributed by atoms with Crippen molar-refractivity contribution < 1.29 is 0 Å². The zero-order valence-corrected chi connectivity index (χ0v) is 8.81. The Labute approximate surface area is 78.1 Å². The van der Waals surface area contributed by atoms with Gasteiger partial charge in [0.2, 0.25) is 0 Å². The SMILES string of the molecule is CCCCC/C=C/CCCCC. The molecule has 0 saturated heterocycles. The van der Waals surface area contributed by atoms with Gasteiger partial charge >= 0.3 is 0 Å². The molecule has 72 valence electrons. The highest BCUT2D eigenvalue weighted by molar-refractivity contribution is 4.81. The first-order valence-electron chi connectivity index (χ1n) is 5.56. The van der Waals surface area contributed by atoms with Crippen LogP contribution in [0.1, 0.15) is 65.2 Å². The summed E-state index contributed by atoms with van der Waals surface area (Å²) in [5.41, 5.74) is 0. The van der Waals surface area contributed by atoms with Crippen molar-refractivity contribution in [3.63, 3.8) is 0 Å². The summed E-state index contributed by atoms with van der Waals surface area (Å²) in [4.78, 5) is 0. The molecule has 0 nitrogen and oxygen atoms in total. The minimum atomic E-state index is 1.29. The van der Waals surface area contributed by atoms with E-state index in [0.29, 0.717) is 0 Å². The highest BCUT2D eigenvalue weighted by atomic mass is 13.9. The Kier molecular flexibility index (Phi) is 10.5. The molecule has 0 aromatic rings. The molecule has 0 rings (SSSR count). The Bertz CT molecular complexity index is 80.2. The first-order valence-corrected chi connectivity index (χ1v) is 5.56. The molecule has 0 aliphatic carbocycles. The van der Waals surface area contributed by atoms with Crippen molar-refractivity contribution in [3.05, 3.63) is 12.2 Å². The predicted octanol–water partition coefficient (Wildman–Crippen LogP) is 4.70. The molecule has 0 heteroatoms. The average Bonchev–Trinajstić information content (AvgIpc) is 2.10. The number of hydrogen-bond donors (Lipinski definition) is 0. The van der Waals surface area contributed by atoms with E-state index < -0.39 is 0 Å². The highest BCUT2D eigenvalue weighted by Crippen LogP contribution is 2.03. The van der Waals surface area contributed by atoms with Gasteiger partial charge in [-0.25, -0.2) is 0 Å². The van der Waals surface area contributed by atoms with E-state index in [1.165, 1.54) is 51.4 Å². The van der Waals surface area contributed by atoms with Gasteiger partial charge in [0.1, 0.15) is 0 Å². The van der Waals surface area contributed by atoms with Crippen molar-refractivity contribution in [1.29, 1.82) is 0 Å². The third-order valence-corrected chi connectivity index (χ3v) is 2.12. The molecule has 0 spiro atoms. The molecule has 0 radical (unpaired) electrons. The van der Waals surface area contributed by atoms with E-state index in [9.17, 15) is 0 Å². The van der Waals surface area contributed by atoms with E-state index in [1.807, 2.05) is 0 Å². The third-order valence-electron chi connectivity index (χ3n) is 2.12. The number of unbranched alkanes of at least 4 members (excludes halogenated alkanes) is 6. The normalized spacial score (nSPS) is 11.2. The maximum Gasteiger partial charge on any atom is -0.0351 e. The van der Waals surface area contributed by atoms with Crippen LogP contribution in [0.4, 0.5) is 0 Å². The Hall–Kier alpha value is -0.260. The van der Waals surface area contributed by atoms with Gasteiger partial charge in [-0.3, -0.25) is 0 Å². The van der Waals surface area contributed by atoms with Gasteiger partial charge in [0, 0.05) is 0 Å². The van der Waals surface area contributed by atoms with Crippen molar-refractivity contribution in [2.75, 3.05) is 0 Å². The molecule has 0 bridgehead atoms. The number of rotatable bonds is 8. The fourth-order valence-electron chi connectivity index (χ4n) is 1.26. The summed E-state index contributed by atoms with van der Waals surface area (Å²) >= 11 is 0. The first-order chi connectivity index (χ1) is 5.91. The van der Waals surface area contributed by atoms with Gasteiger partial charge < -0.3 is 0 Å². The van der Waals surface area contributed by atoms with Gasteiger partial charge in [-0.05, 0) is 25.7 Å². The van der Waals surface area contributed by atoms with Crippen molar-refractivity contribution in [2.45, 2.75) is 65.2 Å². The zero-order valence-electron chi connectivity index (χ0n) is 8.81. The lowest BCUT2D eigenvalue weighted by Gasteiger charge is -1.93. The summed E-state index contributed by atoms with van der Waals surface area (Å²) in [6, 6.07) is 0. The lowest BCUT2D eigenvalue weighted by molar-refractivity contribution is 0.715. The standard InChI is InChI=1S/C12H24/c1-3-5-7-9-11-12-10-8-6-4-2/h11-12H,3-10H2,1-2H3/b12-11+. The summed E-state index contributed by atoms with van der Waals surface area (Å²) in [7, 11) is 0. The van der Waals surface area contributed by atoms with E-state index in [4.69, 9.17) is 0 Å². The summed E-state index contributed by atoms with van der Waals surface area (Å²) in [6.45, 7) is 4.51. The van der Waals surface area contributed by atoms with Crippen LogP contribution >= 0.6 is 0 Å². The summed E-state index contributed by atoms with van der Waals surface area (Å²) < 4.78 is 0. The molecule has 0 fully saturated rings. The summed E-state index contributed by atoms with van der Waals surface area (Å²) in [6.07, 6.45) is 15.5. The van der Waals surface area contributed by atoms with Crippen molar-refractivity contribution in [1.82, 2.24) is 0 Å². The molecule has 0 aliphatic heterocycles. The first kappa shape index (κ1) is 11.7. The summed E-state index contributed by atoms with van der Waals surface area (Å²) in [5, 5.41) is 0. The van der Waals surface area contributed by atoms with E-state index >= 15 is 0 Å². The molecular weight excluding hydrogens is 144 g/mol. The molecule has 0 saturated carbocycles. The molecule has 0 aliphatic rings. The lowest BCUT2D eigenvalue weighted by atomic mass is 10.1. The smallest absolute Gasteiger partial charge is 0.0351 e. The van der Waals surface area contributed by atoms with Crippen LogP contribution in [0.25, 0.3) is 0 Å². The average molecular weight is 168 g/mol. The Morgan fingerprint density at radius 2 is 1.08 bits per heavy atom. The maximum absolute atomic E-state index is 2.35. The van der Waals surface area contributed by atoms with Crippen LogP contribution in [-0.2, 0) is 0 Å². The molecule has 0 amide bonds. The van der Waals surface area contributed by atoms with Gasteiger partial charge in [-0.1, -0.05) is 51.7 Å². The highest BCUT2D eigenvalue weighted by Gasteiger charge is 1.83. The van der Waals surface area contributed by atoms with Crippen LogP contribution in [0.2, 0.25) is 0 Å². The Morgan fingerprint density at radius 3 is 1.42 bits per heavy atom. The van der Waals surface area contributed by atoms with E-state index in [2.05, 4.69) is 26.0 Å². The van der Waals surface area contributed by atoms with E-state index in [-0.39, 0.29) is 0 Å². The number of hydrogen-bond acceptors (Lipinski definition) is 0. The second kappa shape index (κ2) is 10.7. The van der Waals surface area contributed by atoms with Gasteiger partial charge in [-0.15, -0.1) is 0 Å². The fourth-order valence-corrected chi connectivity index (χ4v) is 1.26. The Morgan fingerprint density at radius 1 is 0.667 bits per heavy atom. The monoisotopic (exact) mass is 168 g/mol. The molecule has 0 aromatic heterocycles. The molecule has 0 heterocycles. The molecule has 0 aromatic carbocycles. The van der Waals surface area contributed by atoms with Crippen LogP contribution in [-0.4, -0.2) is 0 Å². The lowest BCUT2D eigenvalue weighted by Crippen LogP contribution is -1.73. The minimum Gasteiger partial charge on any atom is -0.0885 e. The van der Waals surface area contributed by atoms with Gasteiger partial charge in [0.25, 0.3) is 0 Å².